The Morgan fingerprint density at radius 3 is 2.50 bits per heavy atom. The highest BCUT2D eigenvalue weighted by Gasteiger charge is 2.27. The minimum absolute atomic E-state index is 0.00934. The van der Waals surface area contributed by atoms with Gasteiger partial charge in [-0.2, -0.15) is 13.2 Å². The van der Waals surface area contributed by atoms with Crippen LogP contribution < -0.4 is 5.32 Å². The van der Waals surface area contributed by atoms with Crippen molar-refractivity contribution in [3.63, 3.8) is 0 Å². The lowest BCUT2D eigenvalue weighted by Gasteiger charge is -2.07. The number of nitrogens with one attached hydrogen (secondary N) is 1. The molecule has 1 unspecified atom stereocenters. The molecule has 0 saturated carbocycles. The van der Waals surface area contributed by atoms with Gasteiger partial charge in [0, 0.05) is 17.7 Å². The average Bonchev–Trinajstić information content (AvgIpc) is 2.00. The van der Waals surface area contributed by atoms with Crippen molar-refractivity contribution in [2.75, 3.05) is 18.8 Å². The van der Waals surface area contributed by atoms with E-state index in [9.17, 15) is 13.2 Å². The summed E-state index contributed by atoms with van der Waals surface area (Å²) < 4.78 is 35.0. The lowest BCUT2D eigenvalue weighted by atomic mass is 10.2. The third kappa shape index (κ3) is 12.4. The van der Waals surface area contributed by atoms with Crippen molar-refractivity contribution in [3.05, 3.63) is 0 Å². The molecule has 14 heavy (non-hydrogen) atoms. The summed E-state index contributed by atoms with van der Waals surface area (Å²) in [6.45, 7) is 3.03. The van der Waals surface area contributed by atoms with Crippen LogP contribution in [0.2, 0.25) is 0 Å². The number of halogens is 4. The van der Waals surface area contributed by atoms with Gasteiger partial charge in [-0.3, -0.25) is 0 Å². The first-order valence-corrected chi connectivity index (χ1v) is 5.89. The van der Waals surface area contributed by atoms with E-state index in [0.29, 0.717) is 6.54 Å². The first-order chi connectivity index (χ1) is 6.42. The highest BCUT2D eigenvalue weighted by molar-refractivity contribution is 8.00. The van der Waals surface area contributed by atoms with E-state index in [1.165, 1.54) is 0 Å². The largest absolute Gasteiger partial charge is 0.441 e. The summed E-state index contributed by atoms with van der Waals surface area (Å²) in [5, 5.41) is 3.07. The third-order valence-corrected chi connectivity index (χ3v) is 2.45. The fourth-order valence-electron chi connectivity index (χ4n) is 0.872. The molecule has 0 rings (SSSR count). The van der Waals surface area contributed by atoms with Crippen molar-refractivity contribution in [2.24, 2.45) is 0 Å². The Morgan fingerprint density at radius 2 is 2.00 bits per heavy atom. The number of thioether (sulfide) groups is 1. The molecule has 0 aromatic heterocycles. The minimum atomic E-state index is -4.10. The summed E-state index contributed by atoms with van der Waals surface area (Å²) >= 11 is 5.71. The van der Waals surface area contributed by atoms with Gasteiger partial charge in [-0.25, -0.2) is 0 Å². The van der Waals surface area contributed by atoms with E-state index in [2.05, 4.69) is 5.32 Å². The molecular formula is C8H15ClF3NS. The predicted octanol–water partition coefficient (Wildman–Crippen LogP) is 3.24. The molecule has 1 nitrogen and oxygen atoms in total. The topological polar surface area (TPSA) is 12.0 Å². The van der Waals surface area contributed by atoms with Crippen LogP contribution in [0.4, 0.5) is 13.2 Å². The van der Waals surface area contributed by atoms with Gasteiger partial charge in [0.2, 0.25) is 0 Å². The van der Waals surface area contributed by atoms with E-state index in [4.69, 9.17) is 11.6 Å². The van der Waals surface area contributed by atoms with E-state index < -0.39 is 5.51 Å². The lowest BCUT2D eigenvalue weighted by molar-refractivity contribution is -0.0327. The highest BCUT2D eigenvalue weighted by atomic mass is 35.5. The van der Waals surface area contributed by atoms with E-state index in [-0.39, 0.29) is 22.9 Å². The molecule has 1 N–H and O–H groups in total. The van der Waals surface area contributed by atoms with Crippen molar-refractivity contribution in [3.8, 4) is 0 Å². The second kappa shape index (κ2) is 7.65. The van der Waals surface area contributed by atoms with E-state index in [1.54, 1.807) is 0 Å². The summed E-state index contributed by atoms with van der Waals surface area (Å²) in [6.07, 6.45) is 1.79. The van der Waals surface area contributed by atoms with Gasteiger partial charge in [0.05, 0.1) is 0 Å². The normalized spacial score (nSPS) is 14.4. The maximum atomic E-state index is 11.7. The van der Waals surface area contributed by atoms with Crippen LogP contribution in [0.5, 0.6) is 0 Å². The lowest BCUT2D eigenvalue weighted by Crippen LogP contribution is -2.20. The van der Waals surface area contributed by atoms with Gasteiger partial charge in [-0.05, 0) is 38.1 Å². The fraction of sp³-hybridized carbons (Fsp3) is 1.00. The van der Waals surface area contributed by atoms with Crippen LogP contribution >= 0.6 is 23.4 Å². The van der Waals surface area contributed by atoms with Crippen LogP contribution in [-0.2, 0) is 0 Å². The molecule has 0 radical (unpaired) electrons. The van der Waals surface area contributed by atoms with Crippen LogP contribution in [-0.4, -0.2) is 29.7 Å². The maximum absolute atomic E-state index is 11.7. The van der Waals surface area contributed by atoms with Crippen molar-refractivity contribution >= 4 is 23.4 Å². The van der Waals surface area contributed by atoms with Crippen LogP contribution in [0, 0.1) is 0 Å². The van der Waals surface area contributed by atoms with Gasteiger partial charge >= 0.3 is 5.51 Å². The summed E-state index contributed by atoms with van der Waals surface area (Å²) in [7, 11) is 0. The van der Waals surface area contributed by atoms with Gasteiger partial charge in [0.1, 0.15) is 0 Å². The standard InChI is InChI=1S/C8H15ClF3NS/c1-7(9)3-2-4-13-5-6-14-8(10,11)12/h7,13H,2-6H2,1H3. The maximum Gasteiger partial charge on any atom is 0.441 e. The molecule has 0 spiro atoms. The van der Waals surface area contributed by atoms with Crippen molar-refractivity contribution < 1.29 is 13.2 Å². The highest BCUT2D eigenvalue weighted by Crippen LogP contribution is 2.29. The number of hydrogen-bond donors (Lipinski definition) is 1. The Morgan fingerprint density at radius 1 is 1.36 bits per heavy atom. The Kier molecular flexibility index (Phi) is 7.86. The summed E-state index contributed by atoms with van der Waals surface area (Å²) in [5.41, 5.74) is -4.10. The fourth-order valence-corrected chi connectivity index (χ4v) is 1.50. The van der Waals surface area contributed by atoms with Gasteiger partial charge in [0.15, 0.2) is 0 Å². The third-order valence-electron chi connectivity index (χ3n) is 1.50. The van der Waals surface area contributed by atoms with Crippen molar-refractivity contribution in [1.82, 2.24) is 5.32 Å². The molecule has 86 valence electrons. The number of rotatable bonds is 7. The Hall–Kier alpha value is 0.390. The van der Waals surface area contributed by atoms with Gasteiger partial charge < -0.3 is 5.32 Å². The van der Waals surface area contributed by atoms with Crippen molar-refractivity contribution in [2.45, 2.75) is 30.7 Å². The summed E-state index contributed by atoms with van der Waals surface area (Å²) in [4.78, 5) is 0. The van der Waals surface area contributed by atoms with E-state index in [1.807, 2.05) is 6.92 Å². The second-order valence-electron chi connectivity index (χ2n) is 2.97. The zero-order valence-corrected chi connectivity index (χ0v) is 9.61. The molecule has 0 heterocycles. The molecule has 0 aliphatic carbocycles. The molecule has 1 atom stereocenters. The van der Waals surface area contributed by atoms with Crippen LogP contribution in [0.1, 0.15) is 19.8 Å². The van der Waals surface area contributed by atoms with Crippen LogP contribution in [0.15, 0.2) is 0 Å². The molecule has 0 amide bonds. The minimum Gasteiger partial charge on any atom is -0.316 e. The Labute approximate surface area is 91.8 Å². The molecule has 0 aromatic rings. The molecule has 0 aliphatic heterocycles. The van der Waals surface area contributed by atoms with Crippen LogP contribution in [0.3, 0.4) is 0 Å². The molecule has 0 bridgehead atoms. The molecule has 0 aromatic carbocycles. The summed E-state index contributed by atoms with van der Waals surface area (Å²) in [5.74, 6) is 0.0694. The van der Waals surface area contributed by atoms with Gasteiger partial charge in [-0.15, -0.1) is 11.6 Å². The monoisotopic (exact) mass is 249 g/mol. The van der Waals surface area contributed by atoms with E-state index >= 15 is 0 Å². The zero-order chi connectivity index (χ0) is 11.0. The Bertz CT molecular complexity index is 141. The molecule has 0 aliphatic rings. The first-order valence-electron chi connectivity index (χ1n) is 4.47. The molecular weight excluding hydrogens is 235 g/mol. The van der Waals surface area contributed by atoms with Gasteiger partial charge in [0.25, 0.3) is 0 Å². The average molecular weight is 250 g/mol. The molecule has 0 fully saturated rings. The van der Waals surface area contributed by atoms with Crippen molar-refractivity contribution in [1.29, 1.82) is 0 Å². The summed E-state index contributed by atoms with van der Waals surface area (Å²) in [6, 6.07) is 0. The van der Waals surface area contributed by atoms with Gasteiger partial charge in [-0.1, -0.05) is 0 Å². The Balaban J connectivity index is 3.07. The first kappa shape index (κ1) is 14.4. The van der Waals surface area contributed by atoms with E-state index in [0.717, 1.165) is 19.4 Å². The quantitative estimate of drug-likeness (QED) is 0.549. The molecule has 6 heteroatoms. The smallest absolute Gasteiger partial charge is 0.316 e. The van der Waals surface area contributed by atoms with Crippen LogP contribution in [0.25, 0.3) is 0 Å². The molecule has 0 saturated heterocycles. The second-order valence-corrected chi connectivity index (χ2v) is 4.87. The number of alkyl halides is 4. The predicted molar refractivity (Wildman–Crippen MR) is 55.9 cm³/mol. The zero-order valence-electron chi connectivity index (χ0n) is 8.03. The number of hydrogen-bond acceptors (Lipinski definition) is 2. The SMILES string of the molecule is CC(Cl)CCCNCCSC(F)(F)F.